The number of hydrogen-bond acceptors (Lipinski definition) is 3. The maximum absolute atomic E-state index is 11.8. The largest absolute Gasteiger partial charge is 0.469 e. The zero-order valence-electron chi connectivity index (χ0n) is 10.7. The molecule has 1 fully saturated rings. The Morgan fingerprint density at radius 2 is 2.00 bits per heavy atom. The van der Waals surface area contributed by atoms with Crippen molar-refractivity contribution in [3.05, 3.63) is 34.9 Å². The second-order valence-corrected chi connectivity index (χ2v) is 5.10. The zero-order chi connectivity index (χ0) is 13.8. The van der Waals surface area contributed by atoms with Gasteiger partial charge in [-0.05, 0) is 30.5 Å². The number of carbonyl (C=O) groups excluding carboxylic acids is 2. The van der Waals surface area contributed by atoms with Crippen molar-refractivity contribution >= 4 is 23.5 Å². The van der Waals surface area contributed by atoms with Crippen molar-refractivity contribution in [2.24, 2.45) is 5.92 Å². The van der Waals surface area contributed by atoms with Crippen LogP contribution >= 0.6 is 11.6 Å². The van der Waals surface area contributed by atoms with E-state index in [2.05, 4.69) is 10.1 Å². The van der Waals surface area contributed by atoms with E-state index in [1.807, 2.05) is 12.1 Å². The molecule has 0 bridgehead atoms. The summed E-state index contributed by atoms with van der Waals surface area (Å²) >= 11 is 5.84. The van der Waals surface area contributed by atoms with Crippen LogP contribution in [-0.4, -0.2) is 19.0 Å². The van der Waals surface area contributed by atoms with Gasteiger partial charge < -0.3 is 10.1 Å². The molecule has 0 aliphatic heterocycles. The van der Waals surface area contributed by atoms with Gasteiger partial charge in [-0.1, -0.05) is 23.7 Å². The second-order valence-electron chi connectivity index (χ2n) is 4.67. The van der Waals surface area contributed by atoms with Crippen molar-refractivity contribution < 1.29 is 14.3 Å². The topological polar surface area (TPSA) is 55.4 Å². The Balaban J connectivity index is 2.09. The number of hydrogen-bond donors (Lipinski definition) is 1. The smallest absolute Gasteiger partial charge is 0.307 e. The molecule has 5 heteroatoms. The molecule has 1 aliphatic rings. The van der Waals surface area contributed by atoms with Crippen molar-refractivity contribution in [1.29, 1.82) is 0 Å². The highest BCUT2D eigenvalue weighted by Gasteiger charge is 2.31. The molecular weight excluding hydrogens is 266 g/mol. The van der Waals surface area contributed by atoms with Gasteiger partial charge >= 0.3 is 5.97 Å². The van der Waals surface area contributed by atoms with E-state index < -0.39 is 0 Å². The van der Waals surface area contributed by atoms with E-state index in [4.69, 9.17) is 11.6 Å². The van der Waals surface area contributed by atoms with Gasteiger partial charge in [0, 0.05) is 10.9 Å². The van der Waals surface area contributed by atoms with Crippen LogP contribution in [0.1, 0.15) is 30.9 Å². The number of ether oxygens (including phenoxy) is 1. The molecule has 0 heterocycles. The Bertz CT molecular complexity index is 468. The van der Waals surface area contributed by atoms with Crippen LogP contribution in [0.3, 0.4) is 0 Å². The van der Waals surface area contributed by atoms with E-state index >= 15 is 0 Å². The highest BCUT2D eigenvalue weighted by Crippen LogP contribution is 2.30. The van der Waals surface area contributed by atoms with E-state index in [9.17, 15) is 9.59 Å². The normalized spacial score (nSPS) is 15.7. The van der Waals surface area contributed by atoms with Crippen molar-refractivity contribution in [3.63, 3.8) is 0 Å². The van der Waals surface area contributed by atoms with Gasteiger partial charge in [-0.3, -0.25) is 9.59 Å². The lowest BCUT2D eigenvalue weighted by atomic mass is 10.0. The maximum atomic E-state index is 11.8. The van der Waals surface area contributed by atoms with Gasteiger partial charge in [0.2, 0.25) is 5.91 Å². The summed E-state index contributed by atoms with van der Waals surface area (Å²) in [6.45, 7) is 0. The summed E-state index contributed by atoms with van der Waals surface area (Å²) in [6.07, 6.45) is 1.98. The number of methoxy groups -OCH3 is 1. The van der Waals surface area contributed by atoms with Gasteiger partial charge in [0.05, 0.1) is 19.6 Å². The predicted octanol–water partition coefficient (Wildman–Crippen LogP) is 2.47. The molecule has 2 rings (SSSR count). The molecule has 4 nitrogen and oxygen atoms in total. The number of halogens is 1. The Morgan fingerprint density at radius 3 is 2.53 bits per heavy atom. The summed E-state index contributed by atoms with van der Waals surface area (Å²) in [4.78, 5) is 23.3. The molecule has 1 saturated carbocycles. The maximum Gasteiger partial charge on any atom is 0.307 e. The van der Waals surface area contributed by atoms with Crippen LogP contribution in [0.2, 0.25) is 5.02 Å². The third-order valence-electron chi connectivity index (χ3n) is 3.14. The SMILES string of the molecule is COC(=O)CC(NC(=O)C1CC1)c1ccc(Cl)cc1. The summed E-state index contributed by atoms with van der Waals surface area (Å²) < 4.78 is 4.67. The van der Waals surface area contributed by atoms with Crippen molar-refractivity contribution in [2.75, 3.05) is 7.11 Å². The highest BCUT2D eigenvalue weighted by molar-refractivity contribution is 6.30. The fraction of sp³-hybridized carbons (Fsp3) is 0.429. The van der Waals surface area contributed by atoms with E-state index in [0.717, 1.165) is 18.4 Å². The van der Waals surface area contributed by atoms with E-state index in [0.29, 0.717) is 5.02 Å². The van der Waals surface area contributed by atoms with Crippen LogP contribution in [0.25, 0.3) is 0 Å². The third-order valence-corrected chi connectivity index (χ3v) is 3.39. The van der Waals surface area contributed by atoms with Crippen LogP contribution in [0, 0.1) is 5.92 Å². The van der Waals surface area contributed by atoms with E-state index in [-0.39, 0.29) is 30.3 Å². The van der Waals surface area contributed by atoms with Crippen molar-refractivity contribution in [3.8, 4) is 0 Å². The van der Waals surface area contributed by atoms with Crippen LogP contribution in [-0.2, 0) is 14.3 Å². The van der Waals surface area contributed by atoms with Gasteiger partial charge in [0.25, 0.3) is 0 Å². The molecule has 1 unspecified atom stereocenters. The summed E-state index contributed by atoms with van der Waals surface area (Å²) in [7, 11) is 1.34. The predicted molar refractivity (Wildman–Crippen MR) is 71.7 cm³/mol. The van der Waals surface area contributed by atoms with E-state index in [1.54, 1.807) is 12.1 Å². The molecule has 102 valence electrons. The molecule has 0 radical (unpaired) electrons. The number of nitrogens with one attached hydrogen (secondary N) is 1. The van der Waals surface area contributed by atoms with Gasteiger partial charge in [0.1, 0.15) is 0 Å². The number of amides is 1. The van der Waals surface area contributed by atoms with E-state index in [1.165, 1.54) is 7.11 Å². The lowest BCUT2D eigenvalue weighted by Crippen LogP contribution is -2.31. The number of rotatable bonds is 5. The average molecular weight is 282 g/mol. The summed E-state index contributed by atoms with van der Waals surface area (Å²) in [5.41, 5.74) is 0.851. The zero-order valence-corrected chi connectivity index (χ0v) is 11.4. The van der Waals surface area contributed by atoms with Crippen LogP contribution in [0.5, 0.6) is 0 Å². The monoisotopic (exact) mass is 281 g/mol. The minimum atomic E-state index is -0.363. The summed E-state index contributed by atoms with van der Waals surface area (Å²) in [5.74, 6) is -0.243. The molecule has 1 N–H and O–H groups in total. The molecular formula is C14H16ClNO3. The molecule has 19 heavy (non-hydrogen) atoms. The summed E-state index contributed by atoms with van der Waals surface area (Å²) in [6, 6.07) is 6.74. The quantitative estimate of drug-likeness (QED) is 0.844. The Hall–Kier alpha value is -1.55. The minimum Gasteiger partial charge on any atom is -0.469 e. The number of carbonyl (C=O) groups is 2. The average Bonchev–Trinajstić information content (AvgIpc) is 3.23. The molecule has 0 aromatic heterocycles. The lowest BCUT2D eigenvalue weighted by molar-refractivity contribution is -0.141. The first-order chi connectivity index (χ1) is 9.10. The highest BCUT2D eigenvalue weighted by atomic mass is 35.5. The Morgan fingerprint density at radius 1 is 1.37 bits per heavy atom. The van der Waals surface area contributed by atoms with Crippen LogP contribution < -0.4 is 5.32 Å². The first-order valence-electron chi connectivity index (χ1n) is 6.23. The second kappa shape index (κ2) is 6.06. The van der Waals surface area contributed by atoms with Crippen molar-refractivity contribution in [1.82, 2.24) is 5.32 Å². The molecule has 0 spiro atoms. The molecule has 1 amide bonds. The van der Waals surface area contributed by atoms with Gasteiger partial charge in [-0.2, -0.15) is 0 Å². The molecule has 0 saturated heterocycles. The molecule has 1 aromatic rings. The first-order valence-corrected chi connectivity index (χ1v) is 6.60. The van der Waals surface area contributed by atoms with Crippen LogP contribution in [0.4, 0.5) is 0 Å². The fourth-order valence-electron chi connectivity index (χ4n) is 1.83. The summed E-state index contributed by atoms with van der Waals surface area (Å²) in [5, 5.41) is 3.52. The Kier molecular flexibility index (Phi) is 4.43. The molecule has 1 aliphatic carbocycles. The van der Waals surface area contributed by atoms with Gasteiger partial charge in [0.15, 0.2) is 0 Å². The van der Waals surface area contributed by atoms with Gasteiger partial charge in [-0.15, -0.1) is 0 Å². The van der Waals surface area contributed by atoms with Gasteiger partial charge in [-0.25, -0.2) is 0 Å². The third kappa shape index (κ3) is 3.96. The van der Waals surface area contributed by atoms with Crippen molar-refractivity contribution in [2.45, 2.75) is 25.3 Å². The molecule has 1 atom stereocenters. The first kappa shape index (κ1) is 13.9. The minimum absolute atomic E-state index is 0.00357. The number of benzene rings is 1. The van der Waals surface area contributed by atoms with Crippen LogP contribution in [0.15, 0.2) is 24.3 Å². The standard InChI is InChI=1S/C14H16ClNO3/c1-19-13(17)8-12(16-14(18)10-2-3-10)9-4-6-11(15)7-5-9/h4-7,10,12H,2-3,8H2,1H3,(H,16,18). The Labute approximate surface area is 117 Å². The fourth-order valence-corrected chi connectivity index (χ4v) is 1.96. The molecule has 1 aromatic carbocycles. The number of esters is 1. The lowest BCUT2D eigenvalue weighted by Gasteiger charge is -2.18.